The molecule has 19 heavy (non-hydrogen) atoms. The molecule has 2 bridgehead atoms. The van der Waals surface area contributed by atoms with E-state index in [1.807, 2.05) is 11.7 Å². The molecule has 0 aliphatic carbocycles. The van der Waals surface area contributed by atoms with Crippen LogP contribution in [0.25, 0.3) is 0 Å². The maximum atomic E-state index is 4.51. The number of aryl methyl sites for hydroxylation is 2. The van der Waals surface area contributed by atoms with Crippen molar-refractivity contribution in [1.29, 1.82) is 0 Å². The van der Waals surface area contributed by atoms with E-state index >= 15 is 0 Å². The van der Waals surface area contributed by atoms with Gasteiger partial charge < -0.3 is 10.2 Å². The molecule has 2 saturated heterocycles. The summed E-state index contributed by atoms with van der Waals surface area (Å²) in [5, 5.41) is 8.23. The Kier molecular flexibility index (Phi) is 3.52. The van der Waals surface area contributed by atoms with E-state index in [0.717, 1.165) is 24.7 Å². The molecule has 3 rings (SSSR count). The van der Waals surface area contributed by atoms with Gasteiger partial charge in [-0.15, -0.1) is 0 Å². The van der Waals surface area contributed by atoms with Crippen molar-refractivity contribution in [2.45, 2.75) is 64.1 Å². The smallest absolute Gasteiger partial charge is 0.0827 e. The molecule has 2 fully saturated rings. The maximum absolute atomic E-state index is 4.51. The molecule has 4 heteroatoms. The van der Waals surface area contributed by atoms with Crippen molar-refractivity contribution in [2.24, 2.45) is 7.05 Å². The normalized spacial score (nSPS) is 30.1. The SMILES string of the molecule is CCCNC1CC2CCC(C1)N2c1cn(C)nc1C. The Hall–Kier alpha value is -1.03. The van der Waals surface area contributed by atoms with Gasteiger partial charge in [0.25, 0.3) is 0 Å². The number of piperidine rings is 1. The molecular weight excluding hydrogens is 236 g/mol. The van der Waals surface area contributed by atoms with Gasteiger partial charge in [-0.25, -0.2) is 0 Å². The first kappa shape index (κ1) is 13.0. The lowest BCUT2D eigenvalue weighted by Gasteiger charge is -2.40. The third-order valence-corrected chi connectivity index (χ3v) is 4.68. The highest BCUT2D eigenvalue weighted by Crippen LogP contribution is 2.40. The molecule has 2 atom stereocenters. The van der Waals surface area contributed by atoms with Gasteiger partial charge in [-0.05, 0) is 45.6 Å². The molecule has 2 unspecified atom stereocenters. The number of nitrogens with zero attached hydrogens (tertiary/aromatic N) is 3. The number of aromatic nitrogens is 2. The van der Waals surface area contributed by atoms with Crippen molar-refractivity contribution in [1.82, 2.24) is 15.1 Å². The van der Waals surface area contributed by atoms with Crippen LogP contribution in [0.5, 0.6) is 0 Å². The lowest BCUT2D eigenvalue weighted by atomic mass is 9.96. The molecule has 1 N–H and O–H groups in total. The Balaban J connectivity index is 1.74. The average Bonchev–Trinajstić information content (AvgIpc) is 2.83. The number of fused-ring (bicyclic) bond motifs is 2. The zero-order valence-electron chi connectivity index (χ0n) is 12.4. The largest absolute Gasteiger partial charge is 0.363 e. The molecule has 1 aromatic rings. The second kappa shape index (κ2) is 5.16. The zero-order valence-corrected chi connectivity index (χ0v) is 12.4. The number of hydrogen-bond acceptors (Lipinski definition) is 3. The van der Waals surface area contributed by atoms with Crippen LogP contribution in [0, 0.1) is 6.92 Å². The van der Waals surface area contributed by atoms with Crippen LogP contribution >= 0.6 is 0 Å². The Morgan fingerprint density at radius 2 is 2.00 bits per heavy atom. The molecule has 106 valence electrons. The van der Waals surface area contributed by atoms with Gasteiger partial charge in [-0.2, -0.15) is 5.10 Å². The number of hydrogen-bond donors (Lipinski definition) is 1. The average molecular weight is 262 g/mol. The van der Waals surface area contributed by atoms with Gasteiger partial charge in [-0.3, -0.25) is 4.68 Å². The minimum Gasteiger partial charge on any atom is -0.363 e. The van der Waals surface area contributed by atoms with Crippen molar-refractivity contribution >= 4 is 5.69 Å². The molecule has 3 heterocycles. The minimum atomic E-state index is 0.719. The first-order valence-corrected chi connectivity index (χ1v) is 7.71. The summed E-state index contributed by atoms with van der Waals surface area (Å²) in [7, 11) is 2.02. The minimum absolute atomic E-state index is 0.719. The van der Waals surface area contributed by atoms with Crippen LogP contribution in [0.2, 0.25) is 0 Å². The van der Waals surface area contributed by atoms with Crippen LogP contribution in [0.3, 0.4) is 0 Å². The van der Waals surface area contributed by atoms with E-state index in [1.54, 1.807) is 0 Å². The predicted octanol–water partition coefficient (Wildman–Crippen LogP) is 2.23. The molecule has 0 radical (unpaired) electrons. The van der Waals surface area contributed by atoms with Gasteiger partial charge in [-0.1, -0.05) is 6.92 Å². The fraction of sp³-hybridized carbons (Fsp3) is 0.800. The van der Waals surface area contributed by atoms with Gasteiger partial charge in [0.05, 0.1) is 11.4 Å². The van der Waals surface area contributed by atoms with E-state index in [9.17, 15) is 0 Å². The number of nitrogens with one attached hydrogen (secondary N) is 1. The number of rotatable bonds is 4. The Labute approximate surface area is 116 Å². The summed E-state index contributed by atoms with van der Waals surface area (Å²) < 4.78 is 1.95. The summed E-state index contributed by atoms with van der Waals surface area (Å²) in [4.78, 5) is 2.66. The summed E-state index contributed by atoms with van der Waals surface area (Å²) in [6.07, 6.45) is 8.72. The third kappa shape index (κ3) is 2.38. The topological polar surface area (TPSA) is 33.1 Å². The van der Waals surface area contributed by atoms with E-state index < -0.39 is 0 Å². The molecule has 4 nitrogen and oxygen atoms in total. The summed E-state index contributed by atoms with van der Waals surface area (Å²) >= 11 is 0. The highest BCUT2D eigenvalue weighted by molar-refractivity contribution is 5.52. The maximum Gasteiger partial charge on any atom is 0.0827 e. The molecule has 1 aromatic heterocycles. The number of anilines is 1. The van der Waals surface area contributed by atoms with Gasteiger partial charge in [0.15, 0.2) is 0 Å². The van der Waals surface area contributed by atoms with Gasteiger partial charge in [0, 0.05) is 31.4 Å². The summed E-state index contributed by atoms with van der Waals surface area (Å²) in [6, 6.07) is 2.16. The third-order valence-electron chi connectivity index (χ3n) is 4.68. The van der Waals surface area contributed by atoms with Gasteiger partial charge in [0.2, 0.25) is 0 Å². The Morgan fingerprint density at radius 1 is 1.32 bits per heavy atom. The quantitative estimate of drug-likeness (QED) is 0.903. The zero-order chi connectivity index (χ0) is 13.4. The highest BCUT2D eigenvalue weighted by atomic mass is 15.3. The van der Waals surface area contributed by atoms with Crippen molar-refractivity contribution in [3.05, 3.63) is 11.9 Å². The Morgan fingerprint density at radius 3 is 2.53 bits per heavy atom. The molecule has 0 aromatic carbocycles. The standard InChI is InChI=1S/C15H26N4/c1-4-7-16-12-8-13-5-6-14(9-12)19(13)15-10-18(3)17-11(15)2/h10,12-14,16H,4-9H2,1-3H3. The fourth-order valence-electron chi connectivity index (χ4n) is 3.93. The molecule has 0 saturated carbocycles. The van der Waals surface area contributed by atoms with Crippen molar-refractivity contribution in [3.63, 3.8) is 0 Å². The van der Waals surface area contributed by atoms with Crippen molar-refractivity contribution < 1.29 is 0 Å². The second-order valence-corrected chi connectivity index (χ2v) is 6.19. The molecule has 0 amide bonds. The molecular formula is C15H26N4. The first-order chi connectivity index (χ1) is 9.19. The Bertz CT molecular complexity index is 425. The van der Waals surface area contributed by atoms with Crippen LogP contribution in [0.1, 0.15) is 44.7 Å². The van der Waals surface area contributed by atoms with Crippen molar-refractivity contribution in [3.8, 4) is 0 Å². The van der Waals surface area contributed by atoms with E-state index in [2.05, 4.69) is 35.4 Å². The lowest BCUT2D eigenvalue weighted by molar-refractivity contribution is 0.356. The molecule has 2 aliphatic heterocycles. The fourth-order valence-corrected chi connectivity index (χ4v) is 3.93. The van der Waals surface area contributed by atoms with E-state index in [0.29, 0.717) is 0 Å². The monoisotopic (exact) mass is 262 g/mol. The highest BCUT2D eigenvalue weighted by Gasteiger charge is 2.41. The van der Waals surface area contributed by atoms with E-state index in [-0.39, 0.29) is 0 Å². The second-order valence-electron chi connectivity index (χ2n) is 6.19. The van der Waals surface area contributed by atoms with Crippen LogP contribution < -0.4 is 10.2 Å². The predicted molar refractivity (Wildman–Crippen MR) is 78.5 cm³/mol. The summed E-state index contributed by atoms with van der Waals surface area (Å²) in [5.41, 5.74) is 2.54. The van der Waals surface area contributed by atoms with E-state index in [4.69, 9.17) is 0 Å². The van der Waals surface area contributed by atoms with E-state index in [1.165, 1.54) is 43.5 Å². The van der Waals surface area contributed by atoms with Gasteiger partial charge in [0.1, 0.15) is 0 Å². The summed E-state index contributed by atoms with van der Waals surface area (Å²) in [5.74, 6) is 0. The lowest BCUT2D eigenvalue weighted by Crippen LogP contribution is -2.49. The first-order valence-electron chi connectivity index (χ1n) is 7.71. The van der Waals surface area contributed by atoms with Crippen LogP contribution in [-0.4, -0.2) is 34.5 Å². The van der Waals surface area contributed by atoms with Crippen molar-refractivity contribution in [2.75, 3.05) is 11.4 Å². The summed E-state index contributed by atoms with van der Waals surface area (Å²) in [6.45, 7) is 5.54. The molecule has 2 aliphatic rings. The van der Waals surface area contributed by atoms with Gasteiger partial charge >= 0.3 is 0 Å². The van der Waals surface area contributed by atoms with Crippen LogP contribution in [-0.2, 0) is 7.05 Å². The van der Waals surface area contributed by atoms with Crippen LogP contribution in [0.4, 0.5) is 5.69 Å². The van der Waals surface area contributed by atoms with Crippen LogP contribution in [0.15, 0.2) is 6.20 Å². The molecule has 0 spiro atoms.